The van der Waals surface area contributed by atoms with E-state index < -0.39 is 0 Å². The minimum atomic E-state index is -0.190. The molecule has 0 atom stereocenters. The van der Waals surface area contributed by atoms with Crippen molar-refractivity contribution in [1.82, 2.24) is 4.98 Å². The number of hydrogen-bond acceptors (Lipinski definition) is 5. The fraction of sp³-hybridized carbons (Fsp3) is 0.250. The molecular weight excluding hydrogens is 396 g/mol. The summed E-state index contributed by atoms with van der Waals surface area (Å²) in [5.74, 6) is 1.10. The smallest absolute Gasteiger partial charge is 0.250 e. The highest BCUT2D eigenvalue weighted by Crippen LogP contribution is 2.30. The summed E-state index contributed by atoms with van der Waals surface area (Å²) in [7, 11) is 1.61. The lowest BCUT2D eigenvalue weighted by Gasteiger charge is -2.11. The maximum Gasteiger partial charge on any atom is 0.250 e. The molecule has 0 saturated heterocycles. The average molecular weight is 421 g/mol. The number of carbonyl (C=O) groups excluding carboxylic acids is 1. The van der Waals surface area contributed by atoms with Crippen molar-refractivity contribution in [2.45, 2.75) is 32.3 Å². The number of nitrogens with zero attached hydrogens (tertiary/aromatic N) is 1. The van der Waals surface area contributed by atoms with Crippen LogP contribution in [0.25, 0.3) is 6.08 Å². The number of thiazole rings is 1. The number of fused-ring (bicyclic) bond motifs is 1. The molecule has 0 bridgehead atoms. The predicted octanol–water partition coefficient (Wildman–Crippen LogP) is 5.26. The van der Waals surface area contributed by atoms with E-state index in [1.165, 1.54) is 23.8 Å². The number of amides is 1. The van der Waals surface area contributed by atoms with Gasteiger partial charge >= 0.3 is 0 Å². The van der Waals surface area contributed by atoms with Gasteiger partial charge in [0.25, 0.3) is 0 Å². The number of rotatable bonds is 7. The predicted molar refractivity (Wildman–Crippen MR) is 120 cm³/mol. The average Bonchev–Trinajstić information content (AvgIpc) is 3.19. The molecule has 1 aromatic heterocycles. The first-order valence-corrected chi connectivity index (χ1v) is 10.9. The molecule has 0 fully saturated rings. The van der Waals surface area contributed by atoms with Gasteiger partial charge in [-0.3, -0.25) is 10.1 Å². The van der Waals surface area contributed by atoms with Crippen molar-refractivity contribution in [3.05, 3.63) is 76.3 Å². The molecule has 4 rings (SSSR count). The van der Waals surface area contributed by atoms with E-state index in [0.717, 1.165) is 29.7 Å². The van der Waals surface area contributed by atoms with Crippen molar-refractivity contribution >= 4 is 28.5 Å². The summed E-state index contributed by atoms with van der Waals surface area (Å²) in [5.41, 5.74) is 3.08. The first-order chi connectivity index (χ1) is 14.7. The Hall–Kier alpha value is -3.12. The molecule has 1 aliphatic carbocycles. The molecule has 0 spiro atoms. The highest BCUT2D eigenvalue weighted by Gasteiger charge is 2.15. The van der Waals surface area contributed by atoms with E-state index in [-0.39, 0.29) is 5.91 Å². The third kappa shape index (κ3) is 5.07. The summed E-state index contributed by atoms with van der Waals surface area (Å²) < 4.78 is 11.3. The number of nitrogens with one attached hydrogen (secondary N) is 1. The molecule has 3 aromatic rings. The van der Waals surface area contributed by atoms with Gasteiger partial charge in [0.05, 0.1) is 12.8 Å². The Morgan fingerprint density at radius 1 is 1.13 bits per heavy atom. The number of ether oxygens (including phenoxy) is 2. The van der Waals surface area contributed by atoms with Crippen molar-refractivity contribution in [2.24, 2.45) is 0 Å². The largest absolute Gasteiger partial charge is 0.493 e. The molecule has 1 N–H and O–H groups in total. The summed E-state index contributed by atoms with van der Waals surface area (Å²) in [6, 6.07) is 15.6. The first-order valence-electron chi connectivity index (χ1n) is 10.0. The molecule has 5 nitrogen and oxygen atoms in total. The van der Waals surface area contributed by atoms with Gasteiger partial charge in [-0.25, -0.2) is 4.98 Å². The molecule has 154 valence electrons. The van der Waals surface area contributed by atoms with Gasteiger partial charge in [0.2, 0.25) is 5.91 Å². The summed E-state index contributed by atoms with van der Waals surface area (Å²) in [6.07, 6.45) is 7.73. The van der Waals surface area contributed by atoms with Gasteiger partial charge < -0.3 is 9.47 Å². The van der Waals surface area contributed by atoms with Gasteiger partial charge in [-0.1, -0.05) is 36.4 Å². The Labute approximate surface area is 180 Å². The van der Waals surface area contributed by atoms with Crippen molar-refractivity contribution in [3.63, 3.8) is 0 Å². The van der Waals surface area contributed by atoms with Crippen molar-refractivity contribution in [1.29, 1.82) is 0 Å². The van der Waals surface area contributed by atoms with Gasteiger partial charge in [0, 0.05) is 11.0 Å². The van der Waals surface area contributed by atoms with Crippen LogP contribution in [0.2, 0.25) is 0 Å². The molecule has 0 saturated carbocycles. The van der Waals surface area contributed by atoms with E-state index in [0.29, 0.717) is 23.2 Å². The summed E-state index contributed by atoms with van der Waals surface area (Å²) in [6.45, 7) is 0.465. The Kier molecular flexibility index (Phi) is 6.44. The van der Waals surface area contributed by atoms with Crippen LogP contribution in [0.1, 0.15) is 34.5 Å². The van der Waals surface area contributed by atoms with Crippen LogP contribution in [0.5, 0.6) is 11.5 Å². The third-order valence-corrected chi connectivity index (χ3v) is 6.00. The van der Waals surface area contributed by atoms with Crippen LogP contribution in [-0.2, 0) is 24.2 Å². The second-order valence-electron chi connectivity index (χ2n) is 7.10. The van der Waals surface area contributed by atoms with Crippen molar-refractivity contribution < 1.29 is 14.3 Å². The Morgan fingerprint density at radius 2 is 1.97 bits per heavy atom. The number of aromatic nitrogens is 1. The minimum Gasteiger partial charge on any atom is -0.493 e. The second kappa shape index (κ2) is 9.59. The molecule has 6 heteroatoms. The lowest BCUT2D eigenvalue weighted by Crippen LogP contribution is -2.07. The van der Waals surface area contributed by atoms with E-state index in [2.05, 4.69) is 10.3 Å². The van der Waals surface area contributed by atoms with Gasteiger partial charge in [-0.15, -0.1) is 11.3 Å². The van der Waals surface area contributed by atoms with Gasteiger partial charge in [0.15, 0.2) is 16.6 Å². The van der Waals surface area contributed by atoms with Gasteiger partial charge in [-0.05, 0) is 55.0 Å². The monoisotopic (exact) mass is 420 g/mol. The quantitative estimate of drug-likeness (QED) is 0.530. The zero-order chi connectivity index (χ0) is 20.8. The van der Waals surface area contributed by atoms with Crippen LogP contribution < -0.4 is 14.8 Å². The maximum atomic E-state index is 12.3. The van der Waals surface area contributed by atoms with Crippen LogP contribution in [0, 0.1) is 0 Å². The lowest BCUT2D eigenvalue weighted by atomic mass is 10.0. The maximum absolute atomic E-state index is 12.3. The van der Waals surface area contributed by atoms with E-state index in [9.17, 15) is 4.79 Å². The van der Waals surface area contributed by atoms with Gasteiger partial charge in [0.1, 0.15) is 6.61 Å². The Morgan fingerprint density at radius 3 is 2.77 bits per heavy atom. The zero-order valence-corrected chi connectivity index (χ0v) is 17.7. The van der Waals surface area contributed by atoms with Crippen LogP contribution in [0.4, 0.5) is 5.13 Å². The fourth-order valence-electron chi connectivity index (χ4n) is 3.37. The topological polar surface area (TPSA) is 60.5 Å². The van der Waals surface area contributed by atoms with E-state index >= 15 is 0 Å². The molecular formula is C24H24N2O3S. The summed E-state index contributed by atoms with van der Waals surface area (Å²) in [4.78, 5) is 18.1. The van der Waals surface area contributed by atoms with Crippen molar-refractivity contribution in [2.75, 3.05) is 12.4 Å². The normalized spacial score (nSPS) is 13.1. The molecule has 30 heavy (non-hydrogen) atoms. The van der Waals surface area contributed by atoms with Crippen LogP contribution in [-0.4, -0.2) is 18.0 Å². The number of aryl methyl sites for hydroxylation is 2. The van der Waals surface area contributed by atoms with E-state index in [1.807, 2.05) is 48.5 Å². The first kappa shape index (κ1) is 20.2. The highest BCUT2D eigenvalue weighted by molar-refractivity contribution is 7.15. The molecule has 1 amide bonds. The SMILES string of the molecule is COc1cc(/C=C/C(=O)Nc2nc3c(s2)CCCC3)ccc1OCc1ccccc1. The Bertz CT molecular complexity index is 1020. The second-order valence-corrected chi connectivity index (χ2v) is 8.19. The summed E-state index contributed by atoms with van der Waals surface area (Å²) in [5, 5.41) is 3.55. The van der Waals surface area contributed by atoms with Crippen LogP contribution in [0.3, 0.4) is 0 Å². The zero-order valence-electron chi connectivity index (χ0n) is 16.9. The summed E-state index contributed by atoms with van der Waals surface area (Å²) >= 11 is 1.58. The van der Waals surface area contributed by atoms with Crippen LogP contribution >= 0.6 is 11.3 Å². The molecule has 2 aromatic carbocycles. The molecule has 0 aliphatic heterocycles. The number of benzene rings is 2. The van der Waals surface area contributed by atoms with E-state index in [1.54, 1.807) is 24.5 Å². The van der Waals surface area contributed by atoms with Gasteiger partial charge in [-0.2, -0.15) is 0 Å². The number of methoxy groups -OCH3 is 1. The standard InChI is InChI=1S/C24H24N2O3S/c1-28-21-15-17(11-13-20(21)29-16-18-7-3-2-4-8-18)12-14-23(27)26-24-25-19-9-5-6-10-22(19)30-24/h2-4,7-8,11-15H,5-6,9-10,16H2,1H3,(H,25,26,27)/b14-12+. The highest BCUT2D eigenvalue weighted by atomic mass is 32.1. The number of carbonyl (C=O) groups is 1. The van der Waals surface area contributed by atoms with Crippen LogP contribution in [0.15, 0.2) is 54.6 Å². The minimum absolute atomic E-state index is 0.190. The Balaban J connectivity index is 1.38. The van der Waals surface area contributed by atoms with Crippen molar-refractivity contribution in [3.8, 4) is 11.5 Å². The third-order valence-electron chi connectivity index (χ3n) is 4.93. The molecule has 0 radical (unpaired) electrons. The lowest BCUT2D eigenvalue weighted by molar-refractivity contribution is -0.111. The fourth-order valence-corrected chi connectivity index (χ4v) is 4.42. The molecule has 1 aliphatic rings. The number of hydrogen-bond donors (Lipinski definition) is 1. The van der Waals surface area contributed by atoms with E-state index in [4.69, 9.17) is 9.47 Å². The number of anilines is 1. The molecule has 1 heterocycles. The molecule has 0 unspecified atom stereocenters.